The van der Waals surface area contributed by atoms with Crippen LogP contribution in [0.2, 0.25) is 0 Å². The van der Waals surface area contributed by atoms with Gasteiger partial charge >= 0.3 is 0 Å². The molecule has 0 fully saturated rings. The molecule has 0 bridgehead atoms. The van der Waals surface area contributed by atoms with Crippen molar-refractivity contribution in [3.05, 3.63) is 41.6 Å². The monoisotopic (exact) mass is 257 g/mol. The predicted molar refractivity (Wildman–Crippen MR) is 76.9 cm³/mol. The summed E-state index contributed by atoms with van der Waals surface area (Å²) < 4.78 is 5.90. The molecular weight excluding hydrogens is 238 g/mol. The number of nitrogens with one attached hydrogen (secondary N) is 1. The molecule has 1 heterocycles. The van der Waals surface area contributed by atoms with Crippen LogP contribution in [0.4, 0.5) is 5.95 Å². The average molecular weight is 257 g/mol. The second kappa shape index (κ2) is 5.69. The quantitative estimate of drug-likeness (QED) is 0.906. The highest BCUT2D eigenvalue weighted by atomic mass is 16.5. The van der Waals surface area contributed by atoms with Gasteiger partial charge in [-0.15, -0.1) is 0 Å². The minimum atomic E-state index is 0.404. The zero-order chi connectivity index (χ0) is 13.8. The Hall–Kier alpha value is -2.10. The van der Waals surface area contributed by atoms with Gasteiger partial charge in [0.05, 0.1) is 0 Å². The molecule has 4 heteroatoms. The fourth-order valence-corrected chi connectivity index (χ4v) is 1.84. The van der Waals surface area contributed by atoms with Crippen LogP contribution in [-0.4, -0.2) is 17.0 Å². The third kappa shape index (κ3) is 3.22. The summed E-state index contributed by atoms with van der Waals surface area (Å²) in [6.45, 7) is 6.35. The smallest absolute Gasteiger partial charge is 0.225 e. The van der Waals surface area contributed by atoms with Gasteiger partial charge in [-0.3, -0.25) is 0 Å². The van der Waals surface area contributed by atoms with Gasteiger partial charge in [-0.1, -0.05) is 26.0 Å². The van der Waals surface area contributed by atoms with Gasteiger partial charge < -0.3 is 10.1 Å². The number of rotatable bonds is 4. The first-order chi connectivity index (χ1) is 9.10. The van der Waals surface area contributed by atoms with Gasteiger partial charge in [0.15, 0.2) is 0 Å². The Labute approximate surface area is 113 Å². The summed E-state index contributed by atoms with van der Waals surface area (Å²) in [4.78, 5) is 8.34. The van der Waals surface area contributed by atoms with Crippen molar-refractivity contribution in [3.63, 3.8) is 0 Å². The maximum Gasteiger partial charge on any atom is 0.225 e. The molecule has 0 radical (unpaired) electrons. The number of anilines is 1. The van der Waals surface area contributed by atoms with Gasteiger partial charge in [0.1, 0.15) is 5.75 Å². The van der Waals surface area contributed by atoms with Crippen LogP contribution >= 0.6 is 0 Å². The number of aryl methyl sites for hydroxylation is 1. The summed E-state index contributed by atoms with van der Waals surface area (Å²) in [5, 5.41) is 2.90. The van der Waals surface area contributed by atoms with Gasteiger partial charge in [0.2, 0.25) is 11.8 Å². The van der Waals surface area contributed by atoms with Crippen molar-refractivity contribution >= 4 is 5.95 Å². The first-order valence-electron chi connectivity index (χ1n) is 6.39. The minimum Gasteiger partial charge on any atom is -0.439 e. The number of ether oxygens (including phenoxy) is 1. The molecule has 0 aliphatic carbocycles. The minimum absolute atomic E-state index is 0.404. The Kier molecular flexibility index (Phi) is 4.00. The summed E-state index contributed by atoms with van der Waals surface area (Å²) in [5.74, 6) is 2.36. The lowest BCUT2D eigenvalue weighted by atomic mass is 10.0. The number of benzene rings is 1. The summed E-state index contributed by atoms with van der Waals surface area (Å²) in [6.07, 6.45) is 1.68. The van der Waals surface area contributed by atoms with Crippen LogP contribution in [0.5, 0.6) is 11.6 Å². The maximum atomic E-state index is 5.90. The van der Waals surface area contributed by atoms with E-state index < -0.39 is 0 Å². The van der Waals surface area contributed by atoms with E-state index in [0.717, 1.165) is 5.75 Å². The molecule has 2 rings (SSSR count). The van der Waals surface area contributed by atoms with Crippen molar-refractivity contribution in [3.8, 4) is 11.6 Å². The molecular formula is C15H19N3O. The molecule has 1 aromatic heterocycles. The first-order valence-corrected chi connectivity index (χ1v) is 6.39. The third-order valence-corrected chi connectivity index (χ3v) is 2.86. The van der Waals surface area contributed by atoms with E-state index >= 15 is 0 Å². The molecule has 100 valence electrons. The molecule has 0 aliphatic heterocycles. The lowest BCUT2D eigenvalue weighted by molar-refractivity contribution is 0.453. The maximum absolute atomic E-state index is 5.90. The molecule has 0 saturated heterocycles. The largest absolute Gasteiger partial charge is 0.439 e. The number of nitrogens with zero attached hydrogens (tertiary/aromatic N) is 2. The first kappa shape index (κ1) is 13.3. The molecule has 4 nitrogen and oxygen atoms in total. The predicted octanol–water partition coefficient (Wildman–Crippen LogP) is 3.74. The molecule has 0 unspecified atom stereocenters. The highest BCUT2D eigenvalue weighted by Gasteiger charge is 2.10. The van der Waals surface area contributed by atoms with Gasteiger partial charge in [-0.25, -0.2) is 4.98 Å². The van der Waals surface area contributed by atoms with Crippen LogP contribution in [0.1, 0.15) is 30.9 Å². The van der Waals surface area contributed by atoms with Crippen LogP contribution in [0, 0.1) is 6.92 Å². The van der Waals surface area contributed by atoms with Gasteiger partial charge in [-0.2, -0.15) is 4.98 Å². The standard InChI is InChI=1S/C15H19N3O/c1-10(2)12-6-5-11(3)9-13(12)19-14-7-8-17-15(16-4)18-14/h5-10H,1-4H3,(H,16,17,18). The van der Waals surface area contributed by atoms with Crippen LogP contribution in [0.15, 0.2) is 30.5 Å². The second-order valence-electron chi connectivity index (χ2n) is 4.77. The van der Waals surface area contributed by atoms with E-state index in [-0.39, 0.29) is 0 Å². The van der Waals surface area contributed by atoms with E-state index in [1.54, 1.807) is 19.3 Å². The molecule has 2 aromatic rings. The lowest BCUT2D eigenvalue weighted by Gasteiger charge is -2.14. The molecule has 0 spiro atoms. The SMILES string of the molecule is CNc1nccc(Oc2cc(C)ccc2C(C)C)n1. The Bertz CT molecular complexity index is 567. The second-order valence-corrected chi connectivity index (χ2v) is 4.77. The highest BCUT2D eigenvalue weighted by molar-refractivity contribution is 5.41. The van der Waals surface area contributed by atoms with E-state index in [0.29, 0.717) is 17.7 Å². The molecule has 0 atom stereocenters. The zero-order valence-electron chi connectivity index (χ0n) is 11.8. The summed E-state index contributed by atoms with van der Waals surface area (Å²) in [5.41, 5.74) is 2.34. The molecule has 19 heavy (non-hydrogen) atoms. The Morgan fingerprint density at radius 1 is 1.21 bits per heavy atom. The van der Waals surface area contributed by atoms with Crippen LogP contribution in [0.3, 0.4) is 0 Å². The third-order valence-electron chi connectivity index (χ3n) is 2.86. The van der Waals surface area contributed by atoms with E-state index in [9.17, 15) is 0 Å². The average Bonchev–Trinajstić information content (AvgIpc) is 2.38. The van der Waals surface area contributed by atoms with Crippen molar-refractivity contribution in [1.82, 2.24) is 9.97 Å². The normalized spacial score (nSPS) is 10.6. The topological polar surface area (TPSA) is 47.0 Å². The zero-order valence-corrected chi connectivity index (χ0v) is 11.8. The van der Waals surface area contributed by atoms with E-state index in [2.05, 4.69) is 48.2 Å². The lowest BCUT2D eigenvalue weighted by Crippen LogP contribution is -1.99. The van der Waals surface area contributed by atoms with E-state index in [1.807, 2.05) is 6.07 Å². The fourth-order valence-electron chi connectivity index (χ4n) is 1.84. The van der Waals surface area contributed by atoms with Crippen molar-refractivity contribution in [2.75, 3.05) is 12.4 Å². The summed E-state index contributed by atoms with van der Waals surface area (Å²) in [6, 6.07) is 8.00. The van der Waals surface area contributed by atoms with Crippen molar-refractivity contribution in [2.24, 2.45) is 0 Å². The van der Waals surface area contributed by atoms with Crippen LogP contribution in [0.25, 0.3) is 0 Å². The number of hydrogen-bond acceptors (Lipinski definition) is 4. The number of aromatic nitrogens is 2. The van der Waals surface area contributed by atoms with Crippen LogP contribution < -0.4 is 10.1 Å². The molecule has 0 aliphatic rings. The van der Waals surface area contributed by atoms with Gasteiger partial charge in [-0.05, 0) is 30.0 Å². The van der Waals surface area contributed by atoms with Crippen LogP contribution in [-0.2, 0) is 0 Å². The highest BCUT2D eigenvalue weighted by Crippen LogP contribution is 2.30. The van der Waals surface area contributed by atoms with E-state index in [4.69, 9.17) is 4.74 Å². The summed E-state index contributed by atoms with van der Waals surface area (Å²) >= 11 is 0. The fraction of sp³-hybridized carbons (Fsp3) is 0.333. The molecule has 0 amide bonds. The van der Waals surface area contributed by atoms with Crippen molar-refractivity contribution < 1.29 is 4.74 Å². The number of hydrogen-bond donors (Lipinski definition) is 1. The van der Waals surface area contributed by atoms with Crippen molar-refractivity contribution in [2.45, 2.75) is 26.7 Å². The molecule has 1 N–H and O–H groups in total. The van der Waals surface area contributed by atoms with Gasteiger partial charge in [0.25, 0.3) is 0 Å². The summed E-state index contributed by atoms with van der Waals surface area (Å²) in [7, 11) is 1.78. The van der Waals surface area contributed by atoms with E-state index in [1.165, 1.54) is 11.1 Å². The van der Waals surface area contributed by atoms with Gasteiger partial charge in [0, 0.05) is 19.3 Å². The Morgan fingerprint density at radius 3 is 2.68 bits per heavy atom. The molecule has 1 aromatic carbocycles. The molecule has 0 saturated carbocycles. The Balaban J connectivity index is 2.33. The van der Waals surface area contributed by atoms with Crippen molar-refractivity contribution in [1.29, 1.82) is 0 Å². The Morgan fingerprint density at radius 2 is 2.00 bits per heavy atom.